The van der Waals surface area contributed by atoms with Gasteiger partial charge >= 0.3 is 0 Å². The van der Waals surface area contributed by atoms with Gasteiger partial charge in [-0.15, -0.1) is 0 Å². The first-order valence-corrected chi connectivity index (χ1v) is 7.12. The van der Waals surface area contributed by atoms with Crippen molar-refractivity contribution in [2.75, 3.05) is 6.54 Å². The van der Waals surface area contributed by atoms with Crippen LogP contribution in [0.15, 0.2) is 33.7 Å². The zero-order chi connectivity index (χ0) is 12.6. The van der Waals surface area contributed by atoms with Crippen LogP contribution in [0, 0.1) is 0 Å². The molecule has 4 heteroatoms. The van der Waals surface area contributed by atoms with Crippen LogP contribution in [0.3, 0.4) is 0 Å². The molecule has 2 aliphatic heterocycles. The summed E-state index contributed by atoms with van der Waals surface area (Å²) in [6.07, 6.45) is 3.65. The van der Waals surface area contributed by atoms with Gasteiger partial charge < -0.3 is 5.32 Å². The first kappa shape index (κ1) is 11.9. The average molecular weight is 307 g/mol. The summed E-state index contributed by atoms with van der Waals surface area (Å²) < 4.78 is 1.05. The van der Waals surface area contributed by atoms with Crippen LogP contribution >= 0.6 is 15.9 Å². The van der Waals surface area contributed by atoms with Crippen molar-refractivity contribution in [1.29, 1.82) is 0 Å². The van der Waals surface area contributed by atoms with E-state index in [9.17, 15) is 4.79 Å². The number of carbonyl (C=O) groups excluding carboxylic acids is 1. The van der Waals surface area contributed by atoms with Crippen molar-refractivity contribution in [3.05, 3.63) is 34.3 Å². The van der Waals surface area contributed by atoms with Gasteiger partial charge in [-0.3, -0.25) is 9.79 Å². The minimum absolute atomic E-state index is 0.110. The number of amides is 1. The highest BCUT2D eigenvalue weighted by molar-refractivity contribution is 9.10. The molecule has 1 atom stereocenters. The Kier molecular flexibility index (Phi) is 2.98. The zero-order valence-corrected chi connectivity index (χ0v) is 11.7. The molecule has 2 aliphatic rings. The predicted octanol–water partition coefficient (Wildman–Crippen LogP) is 2.68. The van der Waals surface area contributed by atoms with Crippen molar-refractivity contribution < 1.29 is 4.79 Å². The Morgan fingerprint density at radius 1 is 1.33 bits per heavy atom. The van der Waals surface area contributed by atoms with Gasteiger partial charge in [-0.25, -0.2) is 0 Å². The SMILES string of the molecule is O=C1NCCCC12CCC(c1cccc(Br)c1)=N2. The molecule has 1 spiro atoms. The van der Waals surface area contributed by atoms with E-state index in [1.165, 1.54) is 0 Å². The van der Waals surface area contributed by atoms with Gasteiger partial charge in [-0.05, 0) is 43.4 Å². The van der Waals surface area contributed by atoms with Crippen LogP contribution in [0.1, 0.15) is 31.2 Å². The molecule has 0 bridgehead atoms. The summed E-state index contributed by atoms with van der Waals surface area (Å²) in [5.74, 6) is 0.110. The fourth-order valence-corrected chi connectivity index (χ4v) is 3.18. The summed E-state index contributed by atoms with van der Waals surface area (Å²) in [6.45, 7) is 0.794. The highest BCUT2D eigenvalue weighted by Gasteiger charge is 2.43. The summed E-state index contributed by atoms with van der Waals surface area (Å²) in [4.78, 5) is 16.8. The Labute approximate surface area is 115 Å². The van der Waals surface area contributed by atoms with Crippen LogP contribution in [0.4, 0.5) is 0 Å². The number of aliphatic imine (C=N–C) groups is 1. The summed E-state index contributed by atoms with van der Waals surface area (Å²) in [7, 11) is 0. The molecule has 3 nitrogen and oxygen atoms in total. The van der Waals surface area contributed by atoms with Crippen LogP contribution in [0.5, 0.6) is 0 Å². The van der Waals surface area contributed by atoms with Crippen molar-refractivity contribution in [2.24, 2.45) is 4.99 Å². The number of nitrogens with zero attached hydrogens (tertiary/aromatic N) is 1. The quantitative estimate of drug-likeness (QED) is 0.851. The average Bonchev–Trinajstić information content (AvgIpc) is 2.79. The third-order valence-electron chi connectivity index (χ3n) is 3.76. The highest BCUT2D eigenvalue weighted by atomic mass is 79.9. The lowest BCUT2D eigenvalue weighted by Crippen LogP contribution is -2.48. The summed E-state index contributed by atoms with van der Waals surface area (Å²) in [5.41, 5.74) is 1.71. The first-order chi connectivity index (χ1) is 8.70. The van der Waals surface area contributed by atoms with Crippen molar-refractivity contribution in [1.82, 2.24) is 5.32 Å². The second kappa shape index (κ2) is 4.50. The molecular formula is C14H15BrN2O. The Morgan fingerprint density at radius 3 is 3.00 bits per heavy atom. The number of nitrogens with one attached hydrogen (secondary N) is 1. The molecule has 1 aromatic carbocycles. The van der Waals surface area contributed by atoms with Crippen molar-refractivity contribution in [2.45, 2.75) is 31.2 Å². The lowest BCUT2D eigenvalue weighted by atomic mass is 9.87. The number of hydrogen-bond donors (Lipinski definition) is 1. The fourth-order valence-electron chi connectivity index (χ4n) is 2.78. The molecule has 0 radical (unpaired) electrons. The van der Waals surface area contributed by atoms with Gasteiger partial charge in [0.2, 0.25) is 5.91 Å². The molecule has 1 saturated heterocycles. The van der Waals surface area contributed by atoms with E-state index in [4.69, 9.17) is 4.99 Å². The van der Waals surface area contributed by atoms with E-state index < -0.39 is 5.54 Å². The molecule has 0 aromatic heterocycles. The number of rotatable bonds is 1. The first-order valence-electron chi connectivity index (χ1n) is 6.33. The molecule has 1 N–H and O–H groups in total. The maximum Gasteiger partial charge on any atom is 0.247 e. The predicted molar refractivity (Wildman–Crippen MR) is 74.9 cm³/mol. The number of benzene rings is 1. The van der Waals surface area contributed by atoms with E-state index >= 15 is 0 Å². The molecule has 94 valence electrons. The summed E-state index contributed by atoms with van der Waals surface area (Å²) in [6, 6.07) is 8.14. The van der Waals surface area contributed by atoms with Gasteiger partial charge in [0.05, 0.1) is 0 Å². The Balaban J connectivity index is 1.93. The fraction of sp³-hybridized carbons (Fsp3) is 0.429. The lowest BCUT2D eigenvalue weighted by Gasteiger charge is -2.29. The topological polar surface area (TPSA) is 41.5 Å². The normalized spacial score (nSPS) is 27.2. The largest absolute Gasteiger partial charge is 0.354 e. The molecule has 1 unspecified atom stereocenters. The monoisotopic (exact) mass is 306 g/mol. The van der Waals surface area contributed by atoms with Gasteiger partial charge in [0, 0.05) is 16.7 Å². The standard InChI is InChI=1S/C14H15BrN2O/c15-11-4-1-3-10(9-11)12-5-7-14(17-12)6-2-8-16-13(14)18/h1,3-4,9H,2,5-8H2,(H,16,18). The van der Waals surface area contributed by atoms with E-state index in [1.54, 1.807) is 0 Å². The van der Waals surface area contributed by atoms with Gasteiger partial charge in [0.15, 0.2) is 0 Å². The van der Waals surface area contributed by atoms with E-state index in [1.807, 2.05) is 12.1 Å². The van der Waals surface area contributed by atoms with Gasteiger partial charge in [0.1, 0.15) is 5.54 Å². The second-order valence-electron chi connectivity index (χ2n) is 4.96. The Hall–Kier alpha value is -1.16. The number of carbonyl (C=O) groups is 1. The molecule has 1 amide bonds. The van der Waals surface area contributed by atoms with E-state index in [2.05, 4.69) is 33.4 Å². The number of halogens is 1. The maximum absolute atomic E-state index is 12.0. The zero-order valence-electron chi connectivity index (χ0n) is 10.1. The van der Waals surface area contributed by atoms with E-state index in [-0.39, 0.29) is 5.91 Å². The van der Waals surface area contributed by atoms with Crippen molar-refractivity contribution in [3.63, 3.8) is 0 Å². The maximum atomic E-state index is 12.0. The molecule has 2 heterocycles. The summed E-state index contributed by atoms with van der Waals surface area (Å²) >= 11 is 3.47. The minimum Gasteiger partial charge on any atom is -0.354 e. The van der Waals surface area contributed by atoms with Crippen LogP contribution < -0.4 is 5.32 Å². The van der Waals surface area contributed by atoms with Gasteiger partial charge in [-0.1, -0.05) is 28.1 Å². The Morgan fingerprint density at radius 2 is 2.22 bits per heavy atom. The number of piperidine rings is 1. The second-order valence-corrected chi connectivity index (χ2v) is 5.88. The Bertz CT molecular complexity index is 526. The minimum atomic E-state index is -0.476. The van der Waals surface area contributed by atoms with Crippen LogP contribution in [0.25, 0.3) is 0 Å². The van der Waals surface area contributed by atoms with E-state index in [0.29, 0.717) is 0 Å². The lowest BCUT2D eigenvalue weighted by molar-refractivity contribution is -0.127. The van der Waals surface area contributed by atoms with Crippen molar-refractivity contribution >= 4 is 27.5 Å². The molecule has 1 fully saturated rings. The highest BCUT2D eigenvalue weighted by Crippen LogP contribution is 2.34. The van der Waals surface area contributed by atoms with Crippen LogP contribution in [-0.4, -0.2) is 23.7 Å². The number of hydrogen-bond acceptors (Lipinski definition) is 2. The summed E-state index contributed by atoms with van der Waals surface area (Å²) in [5, 5.41) is 2.94. The molecule has 1 aromatic rings. The van der Waals surface area contributed by atoms with Gasteiger partial charge in [0.25, 0.3) is 0 Å². The third kappa shape index (κ3) is 1.99. The molecule has 3 rings (SSSR count). The smallest absolute Gasteiger partial charge is 0.247 e. The van der Waals surface area contributed by atoms with Crippen molar-refractivity contribution in [3.8, 4) is 0 Å². The molecular weight excluding hydrogens is 292 g/mol. The van der Waals surface area contributed by atoms with E-state index in [0.717, 1.165) is 48.0 Å². The molecule has 18 heavy (non-hydrogen) atoms. The molecule has 0 saturated carbocycles. The third-order valence-corrected chi connectivity index (χ3v) is 4.25. The molecule has 0 aliphatic carbocycles. The van der Waals surface area contributed by atoms with Crippen LogP contribution in [0.2, 0.25) is 0 Å². The van der Waals surface area contributed by atoms with Crippen LogP contribution in [-0.2, 0) is 4.79 Å². The van der Waals surface area contributed by atoms with Gasteiger partial charge in [-0.2, -0.15) is 0 Å².